The summed E-state index contributed by atoms with van der Waals surface area (Å²) in [7, 11) is 0. The minimum atomic E-state index is 0.151. The maximum absolute atomic E-state index is 9.30. The normalized spacial score (nSPS) is 22.2. The maximum Gasteiger partial charge on any atom is 0.0685 e. The Bertz CT molecular complexity index is 337. The summed E-state index contributed by atoms with van der Waals surface area (Å²) < 4.78 is 0. The van der Waals surface area contributed by atoms with E-state index in [0.717, 1.165) is 12.1 Å². The highest BCUT2D eigenvalue weighted by atomic mass is 16.3. The zero-order valence-corrected chi connectivity index (χ0v) is 10.0. The van der Waals surface area contributed by atoms with Gasteiger partial charge in [0.2, 0.25) is 0 Å². The van der Waals surface area contributed by atoms with Crippen LogP contribution in [-0.4, -0.2) is 22.6 Å². The molecule has 0 bridgehead atoms. The lowest BCUT2D eigenvalue weighted by atomic mass is 10.0. The molecule has 0 aromatic heterocycles. The molecule has 16 heavy (non-hydrogen) atoms. The fourth-order valence-corrected chi connectivity index (χ4v) is 2.48. The van der Waals surface area contributed by atoms with Crippen LogP contribution in [0.2, 0.25) is 0 Å². The van der Waals surface area contributed by atoms with Crippen molar-refractivity contribution in [2.24, 2.45) is 0 Å². The number of nitrogens with zero attached hydrogens (tertiary/aromatic N) is 1. The predicted molar refractivity (Wildman–Crippen MR) is 66.1 cm³/mol. The molecule has 0 saturated carbocycles. The second-order valence-electron chi connectivity index (χ2n) is 4.74. The van der Waals surface area contributed by atoms with Gasteiger partial charge in [0.25, 0.3) is 0 Å². The molecule has 0 spiro atoms. The van der Waals surface area contributed by atoms with E-state index in [9.17, 15) is 5.11 Å². The first-order valence-corrected chi connectivity index (χ1v) is 6.23. The third-order valence-electron chi connectivity index (χ3n) is 3.60. The molecule has 1 aromatic carbocycles. The molecule has 1 fully saturated rings. The zero-order valence-electron chi connectivity index (χ0n) is 10.0. The van der Waals surface area contributed by atoms with Crippen molar-refractivity contribution in [1.82, 2.24) is 4.90 Å². The monoisotopic (exact) mass is 219 g/mol. The summed E-state index contributed by atoms with van der Waals surface area (Å²) in [5.41, 5.74) is 2.35. The molecule has 0 aliphatic carbocycles. The van der Waals surface area contributed by atoms with Gasteiger partial charge in [-0.1, -0.05) is 30.7 Å². The highest BCUT2D eigenvalue weighted by Gasteiger charge is 2.18. The van der Waals surface area contributed by atoms with E-state index in [2.05, 4.69) is 24.0 Å². The van der Waals surface area contributed by atoms with E-state index < -0.39 is 0 Å². The van der Waals surface area contributed by atoms with Crippen molar-refractivity contribution < 1.29 is 5.11 Å². The Morgan fingerprint density at radius 1 is 1.25 bits per heavy atom. The summed E-state index contributed by atoms with van der Waals surface area (Å²) >= 11 is 0. The Labute approximate surface area is 97.9 Å². The molecule has 0 radical (unpaired) electrons. The largest absolute Gasteiger partial charge is 0.392 e. The lowest BCUT2D eigenvalue weighted by Crippen LogP contribution is -2.36. The Kier molecular flexibility index (Phi) is 3.97. The average Bonchev–Trinajstić information content (AvgIpc) is 2.33. The number of piperidine rings is 1. The van der Waals surface area contributed by atoms with E-state index in [1.165, 1.54) is 31.4 Å². The Balaban J connectivity index is 2.07. The van der Waals surface area contributed by atoms with Crippen LogP contribution in [0.5, 0.6) is 0 Å². The van der Waals surface area contributed by atoms with Gasteiger partial charge >= 0.3 is 0 Å². The molecule has 1 aliphatic heterocycles. The van der Waals surface area contributed by atoms with Gasteiger partial charge in [-0.2, -0.15) is 0 Å². The highest BCUT2D eigenvalue weighted by Crippen LogP contribution is 2.20. The summed E-state index contributed by atoms with van der Waals surface area (Å²) in [6.45, 7) is 4.64. The molecule has 1 aromatic rings. The summed E-state index contributed by atoms with van der Waals surface area (Å²) in [6.07, 6.45) is 3.98. The Morgan fingerprint density at radius 3 is 2.69 bits per heavy atom. The van der Waals surface area contributed by atoms with Gasteiger partial charge in [-0.05, 0) is 37.4 Å². The van der Waals surface area contributed by atoms with Gasteiger partial charge in [0, 0.05) is 12.6 Å². The van der Waals surface area contributed by atoms with Crippen molar-refractivity contribution in [1.29, 1.82) is 0 Å². The van der Waals surface area contributed by atoms with Crippen LogP contribution in [0, 0.1) is 0 Å². The Morgan fingerprint density at radius 2 is 2.00 bits per heavy atom. The zero-order chi connectivity index (χ0) is 11.4. The molecule has 1 unspecified atom stereocenters. The topological polar surface area (TPSA) is 23.5 Å². The van der Waals surface area contributed by atoms with Gasteiger partial charge in [-0.3, -0.25) is 4.90 Å². The van der Waals surface area contributed by atoms with Crippen LogP contribution < -0.4 is 0 Å². The van der Waals surface area contributed by atoms with Crippen LogP contribution >= 0.6 is 0 Å². The maximum atomic E-state index is 9.30. The van der Waals surface area contributed by atoms with Crippen LogP contribution in [0.25, 0.3) is 0 Å². The number of benzene rings is 1. The van der Waals surface area contributed by atoms with Crippen molar-refractivity contribution in [3.63, 3.8) is 0 Å². The van der Waals surface area contributed by atoms with E-state index in [0.29, 0.717) is 6.04 Å². The Hall–Kier alpha value is -0.860. The third-order valence-corrected chi connectivity index (χ3v) is 3.60. The SMILES string of the molecule is CC1CCCCN1Cc1ccccc1CO. The van der Waals surface area contributed by atoms with Gasteiger partial charge in [-0.15, -0.1) is 0 Å². The molecule has 2 nitrogen and oxygen atoms in total. The molecule has 1 saturated heterocycles. The molecular weight excluding hydrogens is 198 g/mol. The van der Waals surface area contributed by atoms with Crippen molar-refractivity contribution in [3.8, 4) is 0 Å². The minimum Gasteiger partial charge on any atom is -0.392 e. The molecule has 0 amide bonds. The van der Waals surface area contributed by atoms with Gasteiger partial charge in [-0.25, -0.2) is 0 Å². The van der Waals surface area contributed by atoms with E-state index in [4.69, 9.17) is 0 Å². The number of likely N-dealkylation sites (tertiary alicyclic amines) is 1. The smallest absolute Gasteiger partial charge is 0.0685 e. The van der Waals surface area contributed by atoms with Gasteiger partial charge in [0.1, 0.15) is 0 Å². The molecule has 1 atom stereocenters. The van der Waals surface area contributed by atoms with Gasteiger partial charge in [0.05, 0.1) is 6.61 Å². The average molecular weight is 219 g/mol. The van der Waals surface area contributed by atoms with Crippen molar-refractivity contribution in [3.05, 3.63) is 35.4 Å². The van der Waals surface area contributed by atoms with Crippen LogP contribution in [-0.2, 0) is 13.2 Å². The first kappa shape index (κ1) is 11.6. The fourth-order valence-electron chi connectivity index (χ4n) is 2.48. The lowest BCUT2D eigenvalue weighted by Gasteiger charge is -2.33. The van der Waals surface area contributed by atoms with Gasteiger partial charge in [0.15, 0.2) is 0 Å². The molecular formula is C14H21NO. The second-order valence-corrected chi connectivity index (χ2v) is 4.74. The van der Waals surface area contributed by atoms with Crippen LogP contribution in [0.4, 0.5) is 0 Å². The lowest BCUT2D eigenvalue weighted by molar-refractivity contribution is 0.151. The van der Waals surface area contributed by atoms with Crippen molar-refractivity contribution >= 4 is 0 Å². The van der Waals surface area contributed by atoms with Gasteiger partial charge < -0.3 is 5.11 Å². The summed E-state index contributed by atoms with van der Waals surface area (Å²) in [4.78, 5) is 2.53. The number of aliphatic hydroxyl groups is 1. The van der Waals surface area contributed by atoms with Crippen molar-refractivity contribution in [2.45, 2.75) is 45.4 Å². The van der Waals surface area contributed by atoms with Crippen LogP contribution in [0.15, 0.2) is 24.3 Å². The van der Waals surface area contributed by atoms with E-state index >= 15 is 0 Å². The first-order chi connectivity index (χ1) is 7.81. The summed E-state index contributed by atoms with van der Waals surface area (Å²) in [6, 6.07) is 8.88. The predicted octanol–water partition coefficient (Wildman–Crippen LogP) is 2.55. The summed E-state index contributed by atoms with van der Waals surface area (Å²) in [5, 5.41) is 9.30. The molecule has 88 valence electrons. The van der Waals surface area contributed by atoms with E-state index in [1.807, 2.05) is 12.1 Å². The van der Waals surface area contributed by atoms with Crippen molar-refractivity contribution in [2.75, 3.05) is 6.54 Å². The number of hydrogen-bond donors (Lipinski definition) is 1. The van der Waals surface area contributed by atoms with E-state index in [-0.39, 0.29) is 6.61 Å². The number of aliphatic hydroxyl groups excluding tert-OH is 1. The molecule has 2 heteroatoms. The molecule has 1 heterocycles. The first-order valence-electron chi connectivity index (χ1n) is 6.23. The third kappa shape index (κ3) is 2.63. The number of rotatable bonds is 3. The molecule has 1 aliphatic rings. The van der Waals surface area contributed by atoms with E-state index in [1.54, 1.807) is 0 Å². The number of hydrogen-bond acceptors (Lipinski definition) is 2. The highest BCUT2D eigenvalue weighted by molar-refractivity contribution is 5.26. The quantitative estimate of drug-likeness (QED) is 0.844. The van der Waals surface area contributed by atoms with Crippen LogP contribution in [0.1, 0.15) is 37.3 Å². The standard InChI is InChI=1S/C14H21NO/c1-12-6-4-5-9-15(12)10-13-7-2-3-8-14(13)11-16/h2-3,7-8,12,16H,4-6,9-11H2,1H3. The summed E-state index contributed by atoms with van der Waals surface area (Å²) in [5.74, 6) is 0. The molecule has 2 rings (SSSR count). The minimum absolute atomic E-state index is 0.151. The second kappa shape index (κ2) is 5.46. The fraction of sp³-hybridized carbons (Fsp3) is 0.571. The molecule has 1 N–H and O–H groups in total. The van der Waals surface area contributed by atoms with Crippen LogP contribution in [0.3, 0.4) is 0 Å².